The van der Waals surface area contributed by atoms with Gasteiger partial charge in [-0.15, -0.1) is 10.2 Å². The Hall–Kier alpha value is -1.72. The average Bonchev–Trinajstić information content (AvgIpc) is 2.90. The van der Waals surface area contributed by atoms with Gasteiger partial charge in [0.2, 0.25) is 11.8 Å². The van der Waals surface area contributed by atoms with Crippen LogP contribution in [0.1, 0.15) is 37.5 Å². The Bertz CT molecular complexity index is 715. The van der Waals surface area contributed by atoms with Gasteiger partial charge in [-0.25, -0.2) is 4.79 Å². The number of amides is 2. The van der Waals surface area contributed by atoms with Crippen LogP contribution in [0.3, 0.4) is 0 Å². The van der Waals surface area contributed by atoms with Gasteiger partial charge in [-0.05, 0) is 19.3 Å². The molecule has 146 valence electrons. The summed E-state index contributed by atoms with van der Waals surface area (Å²) in [6.45, 7) is 4.65. The first-order valence-corrected chi connectivity index (χ1v) is 10.4. The molecule has 2 aliphatic heterocycles. The van der Waals surface area contributed by atoms with E-state index in [0.717, 1.165) is 19.3 Å². The number of nitrogens with one attached hydrogen (secondary N) is 1. The Morgan fingerprint density at radius 1 is 1.00 bits per heavy atom. The molecule has 1 aromatic rings. The molecule has 0 aliphatic carbocycles. The first-order chi connectivity index (χ1) is 12.5. The fourth-order valence-corrected chi connectivity index (χ4v) is 4.98. The van der Waals surface area contributed by atoms with Crippen LogP contribution in [0.5, 0.6) is 0 Å². The second-order valence-electron chi connectivity index (χ2n) is 6.58. The zero-order chi connectivity index (χ0) is 18.6. The van der Waals surface area contributed by atoms with E-state index in [1.54, 1.807) is 16.1 Å². The van der Waals surface area contributed by atoms with Crippen LogP contribution in [0, 0.1) is 6.92 Å². The Labute approximate surface area is 153 Å². The van der Waals surface area contributed by atoms with Gasteiger partial charge in [0.15, 0.2) is 0 Å². The number of hydrogen-bond acceptors (Lipinski definition) is 6. The molecular formula is C15H26N6O4S. The zero-order valence-electron chi connectivity index (χ0n) is 15.1. The minimum atomic E-state index is -3.44. The van der Waals surface area contributed by atoms with E-state index in [1.807, 2.05) is 0 Å². The highest BCUT2D eigenvalue weighted by Crippen LogP contribution is 2.18. The summed E-state index contributed by atoms with van der Waals surface area (Å²) in [5.41, 5.74) is 0. The second-order valence-corrected chi connectivity index (χ2v) is 8.51. The van der Waals surface area contributed by atoms with E-state index >= 15 is 0 Å². The number of nitrogens with zero attached hydrogens (tertiary/aromatic N) is 5. The molecule has 3 rings (SSSR count). The lowest BCUT2D eigenvalue weighted by Crippen LogP contribution is -2.47. The van der Waals surface area contributed by atoms with Crippen molar-refractivity contribution in [1.29, 1.82) is 0 Å². The van der Waals surface area contributed by atoms with E-state index in [4.69, 9.17) is 4.42 Å². The maximum absolute atomic E-state index is 12.8. The fourth-order valence-electron chi connectivity index (χ4n) is 3.26. The summed E-state index contributed by atoms with van der Waals surface area (Å²) in [5.74, 6) is 0.794. The molecule has 0 bridgehead atoms. The van der Waals surface area contributed by atoms with E-state index in [-0.39, 0.29) is 12.6 Å². The van der Waals surface area contributed by atoms with Crippen LogP contribution in [0.15, 0.2) is 4.42 Å². The highest BCUT2D eigenvalue weighted by molar-refractivity contribution is 7.86. The quantitative estimate of drug-likeness (QED) is 0.798. The van der Waals surface area contributed by atoms with Gasteiger partial charge in [-0.2, -0.15) is 17.0 Å². The van der Waals surface area contributed by atoms with Crippen molar-refractivity contribution >= 4 is 16.2 Å². The molecule has 10 nitrogen and oxygen atoms in total. The van der Waals surface area contributed by atoms with Crippen molar-refractivity contribution in [3.63, 3.8) is 0 Å². The molecule has 0 radical (unpaired) electrons. The van der Waals surface area contributed by atoms with Gasteiger partial charge in [0, 0.05) is 46.2 Å². The molecule has 26 heavy (non-hydrogen) atoms. The van der Waals surface area contributed by atoms with Gasteiger partial charge in [0.1, 0.15) is 0 Å². The summed E-state index contributed by atoms with van der Waals surface area (Å²) in [6, 6.07) is -0.252. The van der Waals surface area contributed by atoms with Crippen LogP contribution >= 0.6 is 0 Å². The van der Waals surface area contributed by atoms with Gasteiger partial charge in [-0.3, -0.25) is 0 Å². The lowest BCUT2D eigenvalue weighted by atomic mass is 10.2. The molecule has 2 amide bonds. The fraction of sp³-hybridized carbons (Fsp3) is 0.800. The molecule has 2 saturated heterocycles. The van der Waals surface area contributed by atoms with Crippen LogP contribution < -0.4 is 5.32 Å². The van der Waals surface area contributed by atoms with Crippen LogP contribution in [0.25, 0.3) is 0 Å². The number of aryl methyl sites for hydroxylation is 1. The molecule has 3 heterocycles. The lowest BCUT2D eigenvalue weighted by Gasteiger charge is -2.31. The maximum Gasteiger partial charge on any atom is 0.317 e. The smallest absolute Gasteiger partial charge is 0.317 e. The number of rotatable bonds is 4. The average molecular weight is 386 g/mol. The molecule has 11 heteroatoms. The summed E-state index contributed by atoms with van der Waals surface area (Å²) in [5, 5.41) is 10.3. The first-order valence-electron chi connectivity index (χ1n) is 9.04. The van der Waals surface area contributed by atoms with E-state index in [9.17, 15) is 13.2 Å². The van der Waals surface area contributed by atoms with E-state index in [1.165, 1.54) is 4.31 Å². The third kappa shape index (κ3) is 4.51. The first kappa shape index (κ1) is 19.1. The molecular weight excluding hydrogens is 360 g/mol. The summed E-state index contributed by atoms with van der Waals surface area (Å²) in [7, 11) is -3.44. The molecule has 2 aliphatic rings. The zero-order valence-corrected chi connectivity index (χ0v) is 15.9. The standard InChI is InChI=1S/C15H26N6O4S/c1-13-17-18-14(25-13)12-16-15(22)19-6-5-9-21(11-10-19)26(23,24)20-7-3-2-4-8-20/h2-12H2,1H3,(H,16,22). The van der Waals surface area contributed by atoms with Gasteiger partial charge < -0.3 is 14.6 Å². The number of piperidine rings is 1. The normalized spacial score (nSPS) is 20.7. The van der Waals surface area contributed by atoms with Gasteiger partial charge in [0.25, 0.3) is 10.2 Å². The maximum atomic E-state index is 12.8. The molecule has 0 aromatic carbocycles. The van der Waals surface area contributed by atoms with E-state index in [0.29, 0.717) is 57.5 Å². The van der Waals surface area contributed by atoms with Crippen molar-refractivity contribution in [3.8, 4) is 0 Å². The third-order valence-corrected chi connectivity index (χ3v) is 6.70. The summed E-state index contributed by atoms with van der Waals surface area (Å²) < 4.78 is 33.9. The summed E-state index contributed by atoms with van der Waals surface area (Å²) in [4.78, 5) is 14.0. The monoisotopic (exact) mass is 386 g/mol. The van der Waals surface area contributed by atoms with Crippen LogP contribution in [0.4, 0.5) is 4.79 Å². The molecule has 1 N–H and O–H groups in total. The molecule has 0 unspecified atom stereocenters. The van der Waals surface area contributed by atoms with Gasteiger partial charge in [-0.1, -0.05) is 6.42 Å². The van der Waals surface area contributed by atoms with Crippen molar-refractivity contribution in [3.05, 3.63) is 11.8 Å². The summed E-state index contributed by atoms with van der Waals surface area (Å²) in [6.07, 6.45) is 3.52. The van der Waals surface area contributed by atoms with Crippen molar-refractivity contribution in [1.82, 2.24) is 29.0 Å². The molecule has 1 aromatic heterocycles. The number of carbonyl (C=O) groups is 1. The number of aromatic nitrogens is 2. The van der Waals surface area contributed by atoms with Crippen molar-refractivity contribution < 1.29 is 17.6 Å². The largest absolute Gasteiger partial charge is 0.424 e. The molecule has 2 fully saturated rings. The predicted octanol–water partition coefficient (Wildman–Crippen LogP) is 0.326. The van der Waals surface area contributed by atoms with Crippen molar-refractivity contribution in [2.24, 2.45) is 0 Å². The van der Waals surface area contributed by atoms with Crippen molar-refractivity contribution in [2.75, 3.05) is 39.3 Å². The van der Waals surface area contributed by atoms with Crippen molar-refractivity contribution in [2.45, 2.75) is 39.2 Å². The van der Waals surface area contributed by atoms with Crippen LogP contribution in [-0.2, 0) is 16.8 Å². The highest BCUT2D eigenvalue weighted by Gasteiger charge is 2.32. The minimum Gasteiger partial charge on any atom is -0.424 e. The third-order valence-electron chi connectivity index (χ3n) is 4.67. The number of hydrogen-bond donors (Lipinski definition) is 1. The van der Waals surface area contributed by atoms with Crippen LogP contribution in [-0.4, -0.2) is 77.4 Å². The predicted molar refractivity (Wildman–Crippen MR) is 93.4 cm³/mol. The van der Waals surface area contributed by atoms with Crippen LogP contribution in [0.2, 0.25) is 0 Å². The Kier molecular flexibility index (Phi) is 6.09. The van der Waals surface area contributed by atoms with Gasteiger partial charge >= 0.3 is 6.03 Å². The number of urea groups is 1. The summed E-state index contributed by atoms with van der Waals surface area (Å²) >= 11 is 0. The second kappa shape index (κ2) is 8.31. The Morgan fingerprint density at radius 2 is 1.69 bits per heavy atom. The SMILES string of the molecule is Cc1nnc(CNC(=O)N2CCCN(S(=O)(=O)N3CCCCC3)CC2)o1. The Morgan fingerprint density at radius 3 is 2.38 bits per heavy atom. The molecule has 0 spiro atoms. The lowest BCUT2D eigenvalue weighted by molar-refractivity contribution is 0.198. The highest BCUT2D eigenvalue weighted by atomic mass is 32.2. The topological polar surface area (TPSA) is 112 Å². The minimum absolute atomic E-state index is 0.159. The number of carbonyl (C=O) groups excluding carboxylic acids is 1. The van der Waals surface area contributed by atoms with E-state index in [2.05, 4.69) is 15.5 Å². The van der Waals surface area contributed by atoms with E-state index < -0.39 is 10.2 Å². The molecule has 0 saturated carbocycles. The van der Waals surface area contributed by atoms with Gasteiger partial charge in [0.05, 0.1) is 6.54 Å². The Balaban J connectivity index is 1.53. The molecule has 0 atom stereocenters.